The Morgan fingerprint density at radius 3 is 2.58 bits per heavy atom. The summed E-state index contributed by atoms with van der Waals surface area (Å²) in [6, 6.07) is 16.1. The van der Waals surface area contributed by atoms with Crippen molar-refractivity contribution in [3.05, 3.63) is 76.0 Å². The fourth-order valence-corrected chi connectivity index (χ4v) is 2.97. The molecule has 0 atom stereocenters. The van der Waals surface area contributed by atoms with Gasteiger partial charge in [0.05, 0.1) is 12.8 Å². The van der Waals surface area contributed by atoms with Crippen molar-refractivity contribution in [2.75, 3.05) is 12.4 Å². The quantitative estimate of drug-likeness (QED) is 0.541. The van der Waals surface area contributed by atoms with E-state index in [1.807, 2.05) is 17.5 Å². The first kappa shape index (κ1) is 18.0. The van der Waals surface area contributed by atoms with Crippen LogP contribution < -0.4 is 14.8 Å². The van der Waals surface area contributed by atoms with Crippen molar-refractivity contribution in [1.29, 1.82) is 0 Å². The Bertz CT molecular complexity index is 905. The molecule has 1 amide bonds. The maximum Gasteiger partial charge on any atom is 0.248 e. The van der Waals surface area contributed by atoms with Gasteiger partial charge in [-0.3, -0.25) is 4.79 Å². The van der Waals surface area contributed by atoms with Crippen molar-refractivity contribution < 1.29 is 14.3 Å². The van der Waals surface area contributed by atoms with Gasteiger partial charge >= 0.3 is 0 Å². The van der Waals surface area contributed by atoms with Crippen LogP contribution in [0.4, 0.5) is 5.69 Å². The molecule has 26 heavy (non-hydrogen) atoms. The molecule has 0 unspecified atom stereocenters. The van der Waals surface area contributed by atoms with Crippen molar-refractivity contribution in [3.8, 4) is 17.2 Å². The zero-order chi connectivity index (χ0) is 18.4. The Morgan fingerprint density at radius 1 is 1.12 bits per heavy atom. The van der Waals surface area contributed by atoms with Gasteiger partial charge in [-0.2, -0.15) is 0 Å². The zero-order valence-electron chi connectivity index (χ0n) is 13.9. The second kappa shape index (κ2) is 8.56. The molecular weight excluding hydrogens is 370 g/mol. The van der Waals surface area contributed by atoms with Gasteiger partial charge in [-0.1, -0.05) is 17.7 Å². The summed E-state index contributed by atoms with van der Waals surface area (Å²) >= 11 is 7.62. The molecule has 132 valence electrons. The Hall–Kier alpha value is -2.76. The normalized spacial score (nSPS) is 10.7. The summed E-state index contributed by atoms with van der Waals surface area (Å²) in [5.41, 5.74) is 0.495. The lowest BCUT2D eigenvalue weighted by atomic mass is 10.2. The number of rotatable bonds is 6. The maximum absolute atomic E-state index is 12.2. The van der Waals surface area contributed by atoms with Crippen LogP contribution in [0.25, 0.3) is 6.08 Å². The van der Waals surface area contributed by atoms with Crippen molar-refractivity contribution >= 4 is 40.6 Å². The summed E-state index contributed by atoms with van der Waals surface area (Å²) < 4.78 is 11.0. The van der Waals surface area contributed by atoms with Crippen LogP contribution in [0.2, 0.25) is 5.02 Å². The lowest BCUT2D eigenvalue weighted by molar-refractivity contribution is -0.111. The number of carbonyl (C=O) groups excluding carboxylic acids is 1. The van der Waals surface area contributed by atoms with Gasteiger partial charge in [0.15, 0.2) is 5.75 Å². The minimum atomic E-state index is -0.264. The van der Waals surface area contributed by atoms with Gasteiger partial charge in [0.25, 0.3) is 0 Å². The highest BCUT2D eigenvalue weighted by Crippen LogP contribution is 2.32. The Labute approximate surface area is 160 Å². The largest absolute Gasteiger partial charge is 0.497 e. The van der Waals surface area contributed by atoms with Gasteiger partial charge in [-0.25, -0.2) is 0 Å². The lowest BCUT2D eigenvalue weighted by Gasteiger charge is -2.12. The lowest BCUT2D eigenvalue weighted by Crippen LogP contribution is -2.08. The first-order valence-electron chi connectivity index (χ1n) is 7.78. The molecule has 0 fully saturated rings. The molecule has 0 bridgehead atoms. The summed E-state index contributed by atoms with van der Waals surface area (Å²) in [7, 11) is 1.60. The van der Waals surface area contributed by atoms with E-state index in [-0.39, 0.29) is 5.91 Å². The van der Waals surface area contributed by atoms with Gasteiger partial charge in [0.1, 0.15) is 11.5 Å². The molecule has 0 aliphatic rings. The number of thiophene rings is 1. The molecular formula is C20H16ClNO3S. The maximum atomic E-state index is 12.2. The monoisotopic (exact) mass is 385 g/mol. The van der Waals surface area contributed by atoms with E-state index in [2.05, 4.69) is 5.32 Å². The average molecular weight is 386 g/mol. The number of benzene rings is 2. The number of methoxy groups -OCH3 is 1. The van der Waals surface area contributed by atoms with Gasteiger partial charge in [-0.05, 0) is 60.0 Å². The molecule has 6 heteroatoms. The summed E-state index contributed by atoms with van der Waals surface area (Å²) in [5.74, 6) is 1.59. The second-order valence-corrected chi connectivity index (χ2v) is 6.67. The molecule has 0 saturated heterocycles. The first-order chi connectivity index (χ1) is 12.6. The van der Waals surface area contributed by atoms with Crippen LogP contribution in [0.3, 0.4) is 0 Å². The Balaban J connectivity index is 1.75. The summed E-state index contributed by atoms with van der Waals surface area (Å²) in [4.78, 5) is 13.2. The molecule has 1 aromatic heterocycles. The van der Waals surface area contributed by atoms with E-state index in [0.29, 0.717) is 22.2 Å². The molecule has 2 aromatic carbocycles. The minimum Gasteiger partial charge on any atom is -0.497 e. The minimum absolute atomic E-state index is 0.264. The molecule has 0 aliphatic carbocycles. The molecule has 3 rings (SSSR count). The van der Waals surface area contributed by atoms with Crippen molar-refractivity contribution in [2.45, 2.75) is 0 Å². The fourth-order valence-electron chi connectivity index (χ4n) is 2.18. The number of ether oxygens (including phenoxy) is 2. The molecule has 1 heterocycles. The Kier molecular flexibility index (Phi) is 5.94. The molecule has 0 aliphatic heterocycles. The van der Waals surface area contributed by atoms with Crippen LogP contribution in [0.5, 0.6) is 17.2 Å². The standard InChI is InChI=1S/C20H16ClNO3S/c1-24-15-5-7-16(8-6-15)25-19-10-4-14(21)13-18(19)22-20(23)11-9-17-3-2-12-26-17/h2-13H,1H3,(H,22,23). The van der Waals surface area contributed by atoms with Crippen molar-refractivity contribution in [2.24, 2.45) is 0 Å². The number of halogens is 1. The van der Waals surface area contributed by atoms with Crippen LogP contribution in [0, 0.1) is 0 Å². The van der Waals surface area contributed by atoms with Crippen LogP contribution in [-0.2, 0) is 4.79 Å². The van der Waals surface area contributed by atoms with Crippen molar-refractivity contribution in [1.82, 2.24) is 0 Å². The smallest absolute Gasteiger partial charge is 0.248 e. The van der Waals surface area contributed by atoms with Gasteiger partial charge in [0.2, 0.25) is 5.91 Å². The highest BCUT2D eigenvalue weighted by molar-refractivity contribution is 7.10. The van der Waals surface area contributed by atoms with Crippen LogP contribution in [0.1, 0.15) is 4.88 Å². The third kappa shape index (κ3) is 4.88. The summed E-state index contributed by atoms with van der Waals surface area (Å²) in [6.45, 7) is 0. The number of nitrogens with one attached hydrogen (secondary N) is 1. The average Bonchev–Trinajstić information content (AvgIpc) is 3.16. The van der Waals surface area contributed by atoms with Gasteiger partial charge in [-0.15, -0.1) is 11.3 Å². The van der Waals surface area contributed by atoms with E-state index >= 15 is 0 Å². The Morgan fingerprint density at radius 2 is 1.88 bits per heavy atom. The molecule has 0 radical (unpaired) electrons. The van der Waals surface area contributed by atoms with E-state index in [9.17, 15) is 4.79 Å². The molecule has 4 nitrogen and oxygen atoms in total. The number of amides is 1. The number of carbonyl (C=O) groups is 1. The number of anilines is 1. The van der Waals surface area contributed by atoms with Crippen LogP contribution >= 0.6 is 22.9 Å². The third-order valence-electron chi connectivity index (χ3n) is 3.43. The summed E-state index contributed by atoms with van der Waals surface area (Å²) in [5, 5.41) is 5.26. The van der Waals surface area contributed by atoms with E-state index in [1.54, 1.807) is 67.0 Å². The van der Waals surface area contributed by atoms with E-state index in [0.717, 1.165) is 10.6 Å². The molecule has 0 saturated carbocycles. The highest BCUT2D eigenvalue weighted by Gasteiger charge is 2.09. The first-order valence-corrected chi connectivity index (χ1v) is 9.04. The zero-order valence-corrected chi connectivity index (χ0v) is 15.5. The van der Waals surface area contributed by atoms with E-state index in [1.165, 1.54) is 6.08 Å². The topological polar surface area (TPSA) is 47.6 Å². The summed E-state index contributed by atoms with van der Waals surface area (Å²) in [6.07, 6.45) is 3.23. The predicted molar refractivity (Wildman–Crippen MR) is 107 cm³/mol. The SMILES string of the molecule is COc1ccc(Oc2ccc(Cl)cc2NC(=O)C=Cc2cccs2)cc1. The van der Waals surface area contributed by atoms with E-state index in [4.69, 9.17) is 21.1 Å². The molecule has 3 aromatic rings. The fraction of sp³-hybridized carbons (Fsp3) is 0.0500. The molecule has 0 spiro atoms. The number of hydrogen-bond donors (Lipinski definition) is 1. The third-order valence-corrected chi connectivity index (χ3v) is 4.50. The predicted octanol–water partition coefficient (Wildman–Crippen LogP) is 5.85. The molecule has 1 N–H and O–H groups in total. The second-order valence-electron chi connectivity index (χ2n) is 5.26. The van der Waals surface area contributed by atoms with Crippen LogP contribution in [0.15, 0.2) is 66.1 Å². The number of hydrogen-bond acceptors (Lipinski definition) is 4. The van der Waals surface area contributed by atoms with Crippen LogP contribution in [-0.4, -0.2) is 13.0 Å². The highest BCUT2D eigenvalue weighted by atomic mass is 35.5. The van der Waals surface area contributed by atoms with Gasteiger partial charge in [0, 0.05) is 16.0 Å². The van der Waals surface area contributed by atoms with Gasteiger partial charge < -0.3 is 14.8 Å². The van der Waals surface area contributed by atoms with Crippen molar-refractivity contribution in [3.63, 3.8) is 0 Å². The van der Waals surface area contributed by atoms with E-state index < -0.39 is 0 Å².